The topological polar surface area (TPSA) is 73.4 Å². The molecule has 0 radical (unpaired) electrons. The number of fused-ring (bicyclic) bond motifs is 1. The van der Waals surface area contributed by atoms with Crippen molar-refractivity contribution in [3.63, 3.8) is 0 Å². The molecular formula is C31H41ClN4O4S. The standard InChI is InChI=1S/C31H41ClN4O4S/c1-20-6-7-26(15-29(20)32)36(31(39)40-27-8-12-34(13-9-27)23(4)37)11-5-10-33-16-24-18-35(19-25(24)17-33)30(38)28-14-21(2)41-22(28)3/h6-7,14-15,24-25,27H,5,8-13,16-19H2,1-4H3. The fourth-order valence-corrected chi connectivity index (χ4v) is 7.57. The van der Waals surface area contributed by atoms with Crippen molar-refractivity contribution in [3.05, 3.63) is 50.2 Å². The number of carbonyl (C=O) groups excluding carboxylic acids is 3. The molecule has 2 aromatic rings. The quantitative estimate of drug-likeness (QED) is 0.427. The number of hydrogen-bond donors (Lipinski definition) is 0. The zero-order valence-electron chi connectivity index (χ0n) is 24.5. The third-order valence-corrected chi connectivity index (χ3v) is 10.2. The Labute approximate surface area is 252 Å². The smallest absolute Gasteiger partial charge is 0.414 e. The molecule has 3 saturated heterocycles. The van der Waals surface area contributed by atoms with Gasteiger partial charge in [0.15, 0.2) is 0 Å². The van der Waals surface area contributed by atoms with Crippen LogP contribution >= 0.6 is 22.9 Å². The Kier molecular flexibility index (Phi) is 9.26. The van der Waals surface area contributed by atoms with Crippen LogP contribution in [0.5, 0.6) is 0 Å². The molecule has 1 aromatic carbocycles. The van der Waals surface area contributed by atoms with Gasteiger partial charge < -0.3 is 19.4 Å². The summed E-state index contributed by atoms with van der Waals surface area (Å²) in [6.45, 7) is 13.8. The number of likely N-dealkylation sites (tertiary alicyclic amines) is 3. The molecule has 0 saturated carbocycles. The minimum atomic E-state index is -0.363. The molecule has 2 unspecified atom stereocenters. The predicted molar refractivity (Wildman–Crippen MR) is 163 cm³/mol. The summed E-state index contributed by atoms with van der Waals surface area (Å²) in [7, 11) is 0. The summed E-state index contributed by atoms with van der Waals surface area (Å²) in [5.41, 5.74) is 2.55. The van der Waals surface area contributed by atoms with Gasteiger partial charge in [-0.25, -0.2) is 4.79 Å². The zero-order chi connectivity index (χ0) is 29.3. The van der Waals surface area contributed by atoms with E-state index in [9.17, 15) is 14.4 Å². The monoisotopic (exact) mass is 600 g/mol. The molecule has 3 aliphatic rings. The number of anilines is 1. The van der Waals surface area contributed by atoms with Crippen LogP contribution in [0, 0.1) is 32.6 Å². The first kappa shape index (κ1) is 29.9. The van der Waals surface area contributed by atoms with E-state index in [1.165, 1.54) is 4.88 Å². The van der Waals surface area contributed by atoms with Gasteiger partial charge in [-0.15, -0.1) is 11.3 Å². The summed E-state index contributed by atoms with van der Waals surface area (Å²) in [4.78, 5) is 48.5. The van der Waals surface area contributed by atoms with E-state index in [0.717, 1.165) is 60.8 Å². The highest BCUT2D eigenvalue weighted by Gasteiger charge is 2.42. The minimum absolute atomic E-state index is 0.0590. The number of amides is 3. The largest absolute Gasteiger partial charge is 0.446 e. The van der Waals surface area contributed by atoms with E-state index in [-0.39, 0.29) is 24.0 Å². The molecule has 8 nitrogen and oxygen atoms in total. The number of thiophene rings is 1. The lowest BCUT2D eigenvalue weighted by Gasteiger charge is -2.32. The number of benzene rings is 1. The lowest BCUT2D eigenvalue weighted by Crippen LogP contribution is -2.43. The van der Waals surface area contributed by atoms with Gasteiger partial charge in [0.1, 0.15) is 6.10 Å². The summed E-state index contributed by atoms with van der Waals surface area (Å²) in [6, 6.07) is 7.70. The van der Waals surface area contributed by atoms with E-state index < -0.39 is 0 Å². The maximum absolute atomic E-state index is 13.4. The Morgan fingerprint density at radius 1 is 1.00 bits per heavy atom. The molecule has 10 heteroatoms. The van der Waals surface area contributed by atoms with Crippen molar-refractivity contribution in [1.82, 2.24) is 14.7 Å². The highest BCUT2D eigenvalue weighted by atomic mass is 35.5. The van der Waals surface area contributed by atoms with Crippen molar-refractivity contribution in [2.24, 2.45) is 11.8 Å². The Morgan fingerprint density at radius 3 is 2.27 bits per heavy atom. The zero-order valence-corrected chi connectivity index (χ0v) is 26.1. The molecule has 4 heterocycles. The number of carbonyl (C=O) groups is 3. The van der Waals surface area contributed by atoms with Crippen LogP contribution < -0.4 is 4.90 Å². The van der Waals surface area contributed by atoms with Crippen LogP contribution in [0.3, 0.4) is 0 Å². The molecule has 0 aliphatic carbocycles. The summed E-state index contributed by atoms with van der Waals surface area (Å²) in [6.07, 6.45) is 1.54. The van der Waals surface area contributed by atoms with Gasteiger partial charge in [-0.05, 0) is 69.3 Å². The van der Waals surface area contributed by atoms with E-state index in [4.69, 9.17) is 16.3 Å². The molecule has 3 fully saturated rings. The Bertz CT molecular complexity index is 1280. The summed E-state index contributed by atoms with van der Waals surface area (Å²) in [5, 5.41) is 0.620. The molecule has 1 aromatic heterocycles. The lowest BCUT2D eigenvalue weighted by atomic mass is 10.0. The Morgan fingerprint density at radius 2 is 1.68 bits per heavy atom. The van der Waals surface area contributed by atoms with Crippen molar-refractivity contribution in [3.8, 4) is 0 Å². The van der Waals surface area contributed by atoms with Gasteiger partial charge in [-0.1, -0.05) is 17.7 Å². The van der Waals surface area contributed by atoms with Crippen LogP contribution in [0.25, 0.3) is 0 Å². The molecular weight excluding hydrogens is 560 g/mol. The van der Waals surface area contributed by atoms with Crippen LogP contribution in [-0.4, -0.2) is 91.1 Å². The number of halogens is 1. The van der Waals surface area contributed by atoms with Gasteiger partial charge in [0, 0.05) is 86.0 Å². The second kappa shape index (κ2) is 12.7. The molecule has 222 valence electrons. The molecule has 2 atom stereocenters. The van der Waals surface area contributed by atoms with Crippen molar-refractivity contribution >= 4 is 46.5 Å². The van der Waals surface area contributed by atoms with Crippen LogP contribution in [0.1, 0.15) is 51.9 Å². The summed E-state index contributed by atoms with van der Waals surface area (Å²) in [5.74, 6) is 1.23. The van der Waals surface area contributed by atoms with Crippen molar-refractivity contribution in [1.29, 1.82) is 0 Å². The third-order valence-electron chi connectivity index (χ3n) is 8.82. The van der Waals surface area contributed by atoms with Crippen LogP contribution in [0.15, 0.2) is 24.3 Å². The van der Waals surface area contributed by atoms with Gasteiger partial charge in [0.25, 0.3) is 5.91 Å². The van der Waals surface area contributed by atoms with Crippen molar-refractivity contribution in [2.45, 2.75) is 53.1 Å². The van der Waals surface area contributed by atoms with Gasteiger partial charge in [-0.3, -0.25) is 14.5 Å². The van der Waals surface area contributed by atoms with E-state index in [2.05, 4.69) is 11.8 Å². The number of ether oxygens (including phenoxy) is 1. The molecule has 41 heavy (non-hydrogen) atoms. The van der Waals surface area contributed by atoms with Gasteiger partial charge in [0.05, 0.1) is 5.56 Å². The minimum Gasteiger partial charge on any atom is -0.446 e. The first-order valence-corrected chi connectivity index (χ1v) is 15.9. The lowest BCUT2D eigenvalue weighted by molar-refractivity contribution is -0.130. The summed E-state index contributed by atoms with van der Waals surface area (Å²) < 4.78 is 5.93. The summed E-state index contributed by atoms with van der Waals surface area (Å²) >= 11 is 8.11. The maximum atomic E-state index is 13.4. The van der Waals surface area contributed by atoms with Gasteiger partial charge in [-0.2, -0.15) is 0 Å². The molecule has 0 bridgehead atoms. The van der Waals surface area contributed by atoms with E-state index >= 15 is 0 Å². The van der Waals surface area contributed by atoms with Crippen molar-refractivity contribution in [2.75, 3.05) is 57.3 Å². The van der Waals surface area contributed by atoms with Crippen LogP contribution in [0.2, 0.25) is 5.02 Å². The number of piperidine rings is 1. The number of aryl methyl sites for hydroxylation is 3. The number of rotatable bonds is 7. The van der Waals surface area contributed by atoms with Gasteiger partial charge in [0.2, 0.25) is 5.91 Å². The normalized spacial score (nSPS) is 21.3. The second-order valence-corrected chi connectivity index (χ2v) is 13.7. The van der Waals surface area contributed by atoms with Crippen LogP contribution in [0.4, 0.5) is 10.5 Å². The van der Waals surface area contributed by atoms with Gasteiger partial charge >= 0.3 is 6.09 Å². The molecule has 0 spiro atoms. The highest BCUT2D eigenvalue weighted by Crippen LogP contribution is 2.33. The fourth-order valence-electron chi connectivity index (χ4n) is 6.47. The van der Waals surface area contributed by atoms with Crippen molar-refractivity contribution < 1.29 is 19.1 Å². The van der Waals surface area contributed by atoms with E-state index in [0.29, 0.717) is 49.3 Å². The van der Waals surface area contributed by atoms with Crippen LogP contribution in [-0.2, 0) is 9.53 Å². The number of nitrogens with zero attached hydrogens (tertiary/aromatic N) is 4. The average molecular weight is 601 g/mol. The second-order valence-electron chi connectivity index (χ2n) is 11.8. The molecule has 3 aliphatic heterocycles. The first-order chi connectivity index (χ1) is 19.6. The molecule has 5 rings (SSSR count). The Balaban J connectivity index is 1.14. The molecule has 3 amide bonds. The molecule has 0 N–H and O–H groups in total. The maximum Gasteiger partial charge on any atom is 0.414 e. The SMILES string of the molecule is CC(=O)N1CCC(OC(=O)N(CCCN2CC3CN(C(=O)c4cc(C)sc4C)CC3C2)c2ccc(C)c(Cl)c2)CC1. The van der Waals surface area contributed by atoms with E-state index in [1.54, 1.807) is 28.1 Å². The first-order valence-electron chi connectivity index (χ1n) is 14.7. The van der Waals surface area contributed by atoms with E-state index in [1.807, 2.05) is 43.0 Å². The third kappa shape index (κ3) is 6.89. The number of hydrogen-bond acceptors (Lipinski definition) is 6. The predicted octanol–water partition coefficient (Wildman–Crippen LogP) is 5.37. The Hall–Kier alpha value is -2.62. The highest BCUT2D eigenvalue weighted by molar-refractivity contribution is 7.12. The average Bonchev–Trinajstić information content (AvgIpc) is 3.60. The fraction of sp³-hybridized carbons (Fsp3) is 0.581.